The van der Waals surface area contributed by atoms with Gasteiger partial charge in [-0.2, -0.15) is 5.26 Å². The minimum Gasteiger partial charge on any atom is -0.397 e. The first kappa shape index (κ1) is 9.66. The lowest BCUT2D eigenvalue weighted by Gasteiger charge is -2.18. The van der Waals surface area contributed by atoms with Crippen LogP contribution in [0.4, 0.5) is 17.1 Å². The Labute approximate surface area is 89.1 Å². The molecule has 4 heteroatoms. The number of anilines is 3. The molecule has 0 amide bonds. The van der Waals surface area contributed by atoms with Crippen molar-refractivity contribution in [3.63, 3.8) is 0 Å². The van der Waals surface area contributed by atoms with Gasteiger partial charge in [0.25, 0.3) is 0 Å². The van der Waals surface area contributed by atoms with E-state index in [0.29, 0.717) is 11.4 Å². The maximum atomic E-state index is 8.81. The number of benzene rings is 1. The zero-order chi connectivity index (χ0) is 10.8. The van der Waals surface area contributed by atoms with Gasteiger partial charge < -0.3 is 16.4 Å². The first-order chi connectivity index (χ1) is 7.20. The molecular formula is C11H14N4. The molecule has 0 radical (unpaired) electrons. The van der Waals surface area contributed by atoms with Crippen molar-refractivity contribution >= 4 is 17.1 Å². The molecule has 1 fully saturated rings. The summed E-state index contributed by atoms with van der Waals surface area (Å²) < 4.78 is 0. The van der Waals surface area contributed by atoms with Crippen molar-refractivity contribution in [2.24, 2.45) is 5.92 Å². The second kappa shape index (κ2) is 3.70. The molecule has 0 saturated carbocycles. The number of rotatable bonds is 1. The van der Waals surface area contributed by atoms with Crippen molar-refractivity contribution in [3.8, 4) is 6.07 Å². The van der Waals surface area contributed by atoms with Crippen LogP contribution in [0, 0.1) is 17.2 Å². The number of nitrogens with two attached hydrogens (primary N) is 2. The molecule has 1 aromatic carbocycles. The minimum atomic E-state index is 0.142. The maximum absolute atomic E-state index is 8.81. The van der Waals surface area contributed by atoms with Crippen LogP contribution < -0.4 is 16.4 Å². The van der Waals surface area contributed by atoms with Gasteiger partial charge in [0.05, 0.1) is 23.4 Å². The van der Waals surface area contributed by atoms with E-state index in [4.69, 9.17) is 16.7 Å². The average molecular weight is 202 g/mol. The van der Waals surface area contributed by atoms with Gasteiger partial charge in [0.2, 0.25) is 0 Å². The Kier molecular flexibility index (Phi) is 2.38. The third-order valence-electron chi connectivity index (χ3n) is 2.81. The molecule has 4 nitrogen and oxygen atoms in total. The van der Waals surface area contributed by atoms with Crippen LogP contribution in [0.25, 0.3) is 0 Å². The Hall–Kier alpha value is -1.89. The lowest BCUT2D eigenvalue weighted by atomic mass is 10.1. The normalized spacial score (nSPS) is 20.2. The molecule has 0 aromatic heterocycles. The van der Waals surface area contributed by atoms with Crippen molar-refractivity contribution in [1.29, 1.82) is 5.26 Å². The molecule has 0 bridgehead atoms. The molecule has 4 N–H and O–H groups in total. The van der Waals surface area contributed by atoms with Crippen molar-refractivity contribution in [2.45, 2.75) is 6.42 Å². The van der Waals surface area contributed by atoms with Crippen LogP contribution in [-0.2, 0) is 0 Å². The number of nitriles is 1. The van der Waals surface area contributed by atoms with Gasteiger partial charge in [0, 0.05) is 18.8 Å². The van der Waals surface area contributed by atoms with Gasteiger partial charge in [-0.05, 0) is 24.6 Å². The van der Waals surface area contributed by atoms with Gasteiger partial charge in [-0.25, -0.2) is 0 Å². The monoisotopic (exact) mass is 202 g/mol. The molecule has 15 heavy (non-hydrogen) atoms. The van der Waals surface area contributed by atoms with E-state index in [9.17, 15) is 0 Å². The fraction of sp³-hybridized carbons (Fsp3) is 0.364. The molecule has 0 aliphatic carbocycles. The second-order valence-corrected chi connectivity index (χ2v) is 3.87. The van der Waals surface area contributed by atoms with E-state index in [2.05, 4.69) is 11.0 Å². The molecular weight excluding hydrogens is 188 g/mol. The van der Waals surface area contributed by atoms with Crippen LogP contribution in [0.5, 0.6) is 0 Å². The molecule has 1 aliphatic heterocycles. The minimum absolute atomic E-state index is 0.142. The third kappa shape index (κ3) is 1.82. The second-order valence-electron chi connectivity index (χ2n) is 3.87. The van der Waals surface area contributed by atoms with Gasteiger partial charge in [-0.15, -0.1) is 0 Å². The van der Waals surface area contributed by atoms with Crippen molar-refractivity contribution in [3.05, 3.63) is 18.2 Å². The predicted octanol–water partition coefficient (Wildman–Crippen LogP) is 1.20. The van der Waals surface area contributed by atoms with Crippen LogP contribution in [-0.4, -0.2) is 13.1 Å². The highest BCUT2D eigenvalue weighted by molar-refractivity contribution is 5.70. The van der Waals surface area contributed by atoms with Crippen LogP contribution >= 0.6 is 0 Å². The maximum Gasteiger partial charge on any atom is 0.0675 e. The summed E-state index contributed by atoms with van der Waals surface area (Å²) in [5, 5.41) is 8.81. The van der Waals surface area contributed by atoms with Gasteiger partial charge in [-0.1, -0.05) is 0 Å². The Morgan fingerprint density at radius 3 is 2.73 bits per heavy atom. The molecule has 1 aliphatic rings. The summed E-state index contributed by atoms with van der Waals surface area (Å²) in [6.07, 6.45) is 0.931. The Morgan fingerprint density at radius 1 is 1.33 bits per heavy atom. The van der Waals surface area contributed by atoms with Crippen LogP contribution in [0.2, 0.25) is 0 Å². The third-order valence-corrected chi connectivity index (χ3v) is 2.81. The topological polar surface area (TPSA) is 79.1 Å². The summed E-state index contributed by atoms with van der Waals surface area (Å²) in [7, 11) is 0. The van der Waals surface area contributed by atoms with Gasteiger partial charge >= 0.3 is 0 Å². The largest absolute Gasteiger partial charge is 0.397 e. The summed E-state index contributed by atoms with van der Waals surface area (Å²) >= 11 is 0. The molecule has 1 atom stereocenters. The SMILES string of the molecule is N#CC1CCN(c2ccc(N)c(N)c2)C1. The summed E-state index contributed by atoms with van der Waals surface area (Å²) in [4.78, 5) is 2.17. The lowest BCUT2D eigenvalue weighted by Crippen LogP contribution is -2.19. The highest BCUT2D eigenvalue weighted by atomic mass is 15.1. The Balaban J connectivity index is 2.18. The molecule has 1 aromatic rings. The fourth-order valence-electron chi connectivity index (χ4n) is 1.86. The number of nitrogen functional groups attached to an aromatic ring is 2. The van der Waals surface area contributed by atoms with E-state index in [0.717, 1.165) is 25.2 Å². The standard InChI is InChI=1S/C11H14N4/c12-6-8-3-4-15(7-8)9-1-2-10(13)11(14)5-9/h1-2,5,8H,3-4,7,13-14H2. The number of nitrogens with zero attached hydrogens (tertiary/aromatic N) is 2. The summed E-state index contributed by atoms with van der Waals surface area (Å²) in [5.74, 6) is 0.142. The van der Waals surface area contributed by atoms with E-state index in [-0.39, 0.29) is 5.92 Å². The number of hydrogen-bond acceptors (Lipinski definition) is 4. The van der Waals surface area contributed by atoms with Crippen molar-refractivity contribution in [2.75, 3.05) is 29.5 Å². The lowest BCUT2D eigenvalue weighted by molar-refractivity contribution is 0.755. The van der Waals surface area contributed by atoms with Crippen molar-refractivity contribution < 1.29 is 0 Å². The highest BCUT2D eigenvalue weighted by Gasteiger charge is 2.22. The summed E-state index contributed by atoms with van der Waals surface area (Å²) in [6, 6.07) is 7.92. The quantitative estimate of drug-likeness (QED) is 0.671. The Bertz CT molecular complexity index is 408. The molecule has 1 heterocycles. The van der Waals surface area contributed by atoms with Gasteiger partial charge in [0.1, 0.15) is 0 Å². The zero-order valence-corrected chi connectivity index (χ0v) is 8.48. The van der Waals surface area contributed by atoms with E-state index in [1.165, 1.54) is 0 Å². The average Bonchev–Trinajstić information content (AvgIpc) is 2.70. The first-order valence-electron chi connectivity index (χ1n) is 5.00. The Morgan fingerprint density at radius 2 is 2.13 bits per heavy atom. The molecule has 1 saturated heterocycles. The highest BCUT2D eigenvalue weighted by Crippen LogP contribution is 2.27. The van der Waals surface area contributed by atoms with E-state index < -0.39 is 0 Å². The van der Waals surface area contributed by atoms with E-state index in [1.807, 2.05) is 18.2 Å². The van der Waals surface area contributed by atoms with Crippen LogP contribution in [0.3, 0.4) is 0 Å². The first-order valence-corrected chi connectivity index (χ1v) is 5.00. The molecule has 2 rings (SSSR count). The molecule has 0 spiro atoms. The summed E-state index contributed by atoms with van der Waals surface area (Å²) in [5.41, 5.74) is 13.6. The predicted molar refractivity (Wildman–Crippen MR) is 61.2 cm³/mol. The van der Waals surface area contributed by atoms with Crippen LogP contribution in [0.15, 0.2) is 18.2 Å². The van der Waals surface area contributed by atoms with Crippen molar-refractivity contribution in [1.82, 2.24) is 0 Å². The van der Waals surface area contributed by atoms with Crippen LogP contribution in [0.1, 0.15) is 6.42 Å². The summed E-state index contributed by atoms with van der Waals surface area (Å²) in [6.45, 7) is 1.71. The molecule has 1 unspecified atom stereocenters. The smallest absolute Gasteiger partial charge is 0.0675 e. The number of hydrogen-bond donors (Lipinski definition) is 2. The van der Waals surface area contributed by atoms with E-state index in [1.54, 1.807) is 0 Å². The van der Waals surface area contributed by atoms with E-state index >= 15 is 0 Å². The zero-order valence-electron chi connectivity index (χ0n) is 8.48. The van der Waals surface area contributed by atoms with Gasteiger partial charge in [0.15, 0.2) is 0 Å². The van der Waals surface area contributed by atoms with Gasteiger partial charge in [-0.3, -0.25) is 0 Å². The molecule has 78 valence electrons. The fourth-order valence-corrected chi connectivity index (χ4v) is 1.86.